The minimum Gasteiger partial charge on any atom is -0.484 e. The number of hydrogen-bond acceptors (Lipinski definition) is 5. The van der Waals surface area contributed by atoms with Gasteiger partial charge < -0.3 is 14.5 Å². The Morgan fingerprint density at radius 1 is 1.19 bits per heavy atom. The molecule has 0 fully saturated rings. The lowest BCUT2D eigenvalue weighted by Crippen LogP contribution is -2.44. The van der Waals surface area contributed by atoms with Gasteiger partial charge in [-0.3, -0.25) is 14.5 Å². The number of nitrogens with zero attached hydrogens (tertiary/aromatic N) is 1. The highest BCUT2D eigenvalue weighted by molar-refractivity contribution is 6.10. The van der Waals surface area contributed by atoms with Gasteiger partial charge in [0.15, 0.2) is 6.61 Å². The molecule has 1 aliphatic rings. The van der Waals surface area contributed by atoms with Crippen LogP contribution in [0.3, 0.4) is 0 Å². The number of para-hydroxylation sites is 2. The fourth-order valence-corrected chi connectivity index (χ4v) is 3.07. The Labute approximate surface area is 154 Å². The molecule has 1 aromatic heterocycles. The van der Waals surface area contributed by atoms with Crippen LogP contribution in [0.25, 0.3) is 11.0 Å². The molecular formula is C20H16N2O5. The maximum Gasteiger partial charge on any atom is 0.336 e. The molecule has 136 valence electrons. The molecule has 0 bridgehead atoms. The number of nitrogens with one attached hydrogen (secondary N) is 1. The topological polar surface area (TPSA) is 88.8 Å². The summed E-state index contributed by atoms with van der Waals surface area (Å²) in [6, 6.07) is 13.6. The predicted molar refractivity (Wildman–Crippen MR) is 100 cm³/mol. The molecule has 0 saturated carbocycles. The van der Waals surface area contributed by atoms with E-state index < -0.39 is 5.63 Å². The Morgan fingerprint density at radius 3 is 2.85 bits per heavy atom. The molecule has 7 heteroatoms. The zero-order chi connectivity index (χ0) is 19.0. The highest BCUT2D eigenvalue weighted by Crippen LogP contribution is 2.29. The van der Waals surface area contributed by atoms with E-state index in [0.29, 0.717) is 22.7 Å². The molecule has 0 aliphatic carbocycles. The molecule has 0 unspecified atom stereocenters. The second kappa shape index (κ2) is 6.60. The summed E-state index contributed by atoms with van der Waals surface area (Å²) in [5.74, 6) is -0.201. The van der Waals surface area contributed by atoms with Crippen molar-refractivity contribution in [1.29, 1.82) is 0 Å². The first-order chi connectivity index (χ1) is 13.0. The first kappa shape index (κ1) is 16.8. The van der Waals surface area contributed by atoms with Gasteiger partial charge in [0, 0.05) is 17.5 Å². The lowest BCUT2D eigenvalue weighted by Gasteiger charge is -2.29. The Bertz CT molecular complexity index is 1120. The summed E-state index contributed by atoms with van der Waals surface area (Å²) in [6.45, 7) is 1.51. The van der Waals surface area contributed by atoms with Crippen LogP contribution in [-0.4, -0.2) is 25.0 Å². The number of ether oxygens (including phenoxy) is 1. The van der Waals surface area contributed by atoms with E-state index in [2.05, 4.69) is 5.32 Å². The lowest BCUT2D eigenvalue weighted by molar-refractivity contribution is -0.123. The minimum atomic E-state index is -0.441. The molecule has 0 radical (unpaired) electrons. The molecule has 1 N–H and O–H groups in total. The molecule has 1 aliphatic heterocycles. The van der Waals surface area contributed by atoms with Crippen LogP contribution in [0, 0.1) is 6.92 Å². The maximum absolute atomic E-state index is 12.6. The molecular weight excluding hydrogens is 348 g/mol. The van der Waals surface area contributed by atoms with E-state index in [9.17, 15) is 14.4 Å². The Morgan fingerprint density at radius 2 is 2.00 bits per heavy atom. The van der Waals surface area contributed by atoms with Gasteiger partial charge in [-0.05, 0) is 36.8 Å². The maximum atomic E-state index is 12.6. The number of carbonyl (C=O) groups excluding carboxylic acids is 2. The number of amides is 2. The van der Waals surface area contributed by atoms with E-state index in [1.54, 1.807) is 42.5 Å². The summed E-state index contributed by atoms with van der Waals surface area (Å²) >= 11 is 0. The Kier molecular flexibility index (Phi) is 4.12. The van der Waals surface area contributed by atoms with Crippen molar-refractivity contribution in [3.63, 3.8) is 0 Å². The smallest absolute Gasteiger partial charge is 0.336 e. The van der Waals surface area contributed by atoms with Gasteiger partial charge in [0.25, 0.3) is 5.91 Å². The molecule has 2 heterocycles. The van der Waals surface area contributed by atoms with Crippen LogP contribution in [0.2, 0.25) is 0 Å². The highest BCUT2D eigenvalue weighted by atomic mass is 16.5. The van der Waals surface area contributed by atoms with Crippen molar-refractivity contribution >= 4 is 34.2 Å². The number of carbonyl (C=O) groups is 2. The van der Waals surface area contributed by atoms with Crippen molar-refractivity contribution in [1.82, 2.24) is 0 Å². The summed E-state index contributed by atoms with van der Waals surface area (Å²) in [7, 11) is 0. The van der Waals surface area contributed by atoms with Crippen LogP contribution in [0.15, 0.2) is 57.7 Å². The standard InChI is InChI=1S/C20H16N2O5/c1-12-8-20(25)27-17-9-13(6-7-14(12)17)26-11-19(24)22-10-18(23)21-15-4-2-3-5-16(15)22/h2-9H,10-11H2,1H3,(H,21,23). The SMILES string of the molecule is Cc1cc(=O)oc2cc(OCC(=O)N3CC(=O)Nc4ccccc43)ccc12. The highest BCUT2D eigenvalue weighted by Gasteiger charge is 2.26. The van der Waals surface area contributed by atoms with Gasteiger partial charge in [-0.25, -0.2) is 4.79 Å². The quantitative estimate of drug-likeness (QED) is 0.721. The third kappa shape index (κ3) is 3.27. The lowest BCUT2D eigenvalue weighted by atomic mass is 10.1. The van der Waals surface area contributed by atoms with E-state index in [1.165, 1.54) is 11.0 Å². The van der Waals surface area contributed by atoms with Crippen molar-refractivity contribution in [2.45, 2.75) is 6.92 Å². The summed E-state index contributed by atoms with van der Waals surface area (Å²) in [6.07, 6.45) is 0. The van der Waals surface area contributed by atoms with Gasteiger partial charge in [-0.15, -0.1) is 0 Å². The number of rotatable bonds is 3. The van der Waals surface area contributed by atoms with Crippen LogP contribution in [0.4, 0.5) is 11.4 Å². The summed E-state index contributed by atoms with van der Waals surface area (Å²) in [5.41, 5.74) is 1.98. The molecule has 2 amide bonds. The minimum absolute atomic E-state index is 0.0645. The predicted octanol–water partition coefficient (Wildman–Crippen LogP) is 2.47. The van der Waals surface area contributed by atoms with Crippen molar-refractivity contribution in [2.24, 2.45) is 0 Å². The second-order valence-electron chi connectivity index (χ2n) is 6.24. The molecule has 0 atom stereocenters. The van der Waals surface area contributed by atoms with E-state index >= 15 is 0 Å². The monoisotopic (exact) mass is 364 g/mol. The number of fused-ring (bicyclic) bond motifs is 2. The number of anilines is 2. The van der Waals surface area contributed by atoms with Gasteiger partial charge in [-0.1, -0.05) is 12.1 Å². The largest absolute Gasteiger partial charge is 0.484 e. The first-order valence-electron chi connectivity index (χ1n) is 8.38. The average Bonchev–Trinajstić information content (AvgIpc) is 2.65. The van der Waals surface area contributed by atoms with Crippen molar-refractivity contribution in [2.75, 3.05) is 23.4 Å². The molecule has 7 nitrogen and oxygen atoms in total. The summed E-state index contributed by atoms with van der Waals surface area (Å²) in [5, 5.41) is 3.53. The number of aryl methyl sites for hydroxylation is 1. The van der Waals surface area contributed by atoms with Gasteiger partial charge in [0.1, 0.15) is 17.9 Å². The molecule has 3 aromatic rings. The van der Waals surface area contributed by atoms with Gasteiger partial charge in [0.2, 0.25) is 5.91 Å². The normalized spacial score (nSPS) is 13.2. The fraction of sp³-hybridized carbons (Fsp3) is 0.150. The zero-order valence-corrected chi connectivity index (χ0v) is 14.5. The molecule has 4 rings (SSSR count). The Hall–Kier alpha value is -3.61. The van der Waals surface area contributed by atoms with Crippen molar-refractivity contribution in [3.8, 4) is 5.75 Å². The average molecular weight is 364 g/mol. The zero-order valence-electron chi connectivity index (χ0n) is 14.5. The number of benzene rings is 2. The third-order valence-electron chi connectivity index (χ3n) is 4.36. The molecule has 0 saturated heterocycles. The van der Waals surface area contributed by atoms with Gasteiger partial charge >= 0.3 is 5.63 Å². The van der Waals surface area contributed by atoms with Crippen molar-refractivity contribution < 1.29 is 18.7 Å². The van der Waals surface area contributed by atoms with E-state index in [1.807, 2.05) is 6.92 Å². The van der Waals surface area contributed by atoms with Gasteiger partial charge in [0.05, 0.1) is 11.4 Å². The Balaban J connectivity index is 1.54. The summed E-state index contributed by atoms with van der Waals surface area (Å²) in [4.78, 5) is 37.4. The van der Waals surface area contributed by atoms with E-state index in [-0.39, 0.29) is 25.0 Å². The van der Waals surface area contributed by atoms with Crippen LogP contribution < -0.4 is 20.6 Å². The van der Waals surface area contributed by atoms with Crippen molar-refractivity contribution in [3.05, 3.63) is 64.5 Å². The van der Waals surface area contributed by atoms with E-state index in [4.69, 9.17) is 9.15 Å². The van der Waals surface area contributed by atoms with Gasteiger partial charge in [-0.2, -0.15) is 0 Å². The number of hydrogen-bond donors (Lipinski definition) is 1. The van der Waals surface area contributed by atoms with Crippen LogP contribution >= 0.6 is 0 Å². The van der Waals surface area contributed by atoms with E-state index in [0.717, 1.165) is 10.9 Å². The van der Waals surface area contributed by atoms with Crippen LogP contribution in [0.1, 0.15) is 5.56 Å². The molecule has 2 aromatic carbocycles. The van der Waals surface area contributed by atoms with Crippen LogP contribution in [-0.2, 0) is 9.59 Å². The second-order valence-corrected chi connectivity index (χ2v) is 6.24. The third-order valence-corrected chi connectivity index (χ3v) is 4.36. The first-order valence-corrected chi connectivity index (χ1v) is 8.38. The molecule has 0 spiro atoms. The summed E-state index contributed by atoms with van der Waals surface area (Å²) < 4.78 is 10.8. The fourth-order valence-electron chi connectivity index (χ4n) is 3.07. The molecule has 27 heavy (non-hydrogen) atoms. The van der Waals surface area contributed by atoms with Crippen LogP contribution in [0.5, 0.6) is 5.75 Å².